The van der Waals surface area contributed by atoms with Crippen molar-refractivity contribution in [1.29, 1.82) is 0 Å². The average Bonchev–Trinajstić information content (AvgIpc) is 3.09. The van der Waals surface area contributed by atoms with E-state index in [1.54, 1.807) is 24.4 Å². The highest BCUT2D eigenvalue weighted by atomic mass is 79.9. The summed E-state index contributed by atoms with van der Waals surface area (Å²) < 4.78 is 18.1. The predicted molar refractivity (Wildman–Crippen MR) is 138 cm³/mol. The maximum Gasteiger partial charge on any atom is 0.282 e. The number of hydrogen-bond donors (Lipinski definition) is 0. The van der Waals surface area contributed by atoms with Crippen LogP contribution in [0, 0.1) is 12.7 Å². The first kappa shape index (κ1) is 22.2. The molecule has 5 rings (SSSR count). The summed E-state index contributed by atoms with van der Waals surface area (Å²) in [7, 11) is 0. The summed E-state index contributed by atoms with van der Waals surface area (Å²) in [5, 5.41) is 6.12. The van der Waals surface area contributed by atoms with E-state index < -0.39 is 0 Å². The van der Waals surface area contributed by atoms with E-state index in [0.29, 0.717) is 29.7 Å². The highest BCUT2D eigenvalue weighted by Crippen LogP contribution is 2.26. The minimum atomic E-state index is -0.254. The van der Waals surface area contributed by atoms with E-state index in [4.69, 9.17) is 0 Å². The second-order valence-corrected chi connectivity index (χ2v) is 9.05. The molecule has 0 saturated heterocycles. The molecule has 5 nitrogen and oxygen atoms in total. The summed E-state index contributed by atoms with van der Waals surface area (Å²) >= 11 is 3.43. The van der Waals surface area contributed by atoms with Crippen molar-refractivity contribution < 1.29 is 4.39 Å². The number of benzene rings is 3. The second kappa shape index (κ2) is 8.99. The molecule has 2 heterocycles. The van der Waals surface area contributed by atoms with Crippen LogP contribution in [0.5, 0.6) is 0 Å². The molecule has 3 aromatic carbocycles. The van der Waals surface area contributed by atoms with Gasteiger partial charge in [-0.3, -0.25) is 4.79 Å². The van der Waals surface area contributed by atoms with Gasteiger partial charge in [0.1, 0.15) is 11.6 Å². The van der Waals surface area contributed by atoms with Crippen LogP contribution in [0.1, 0.15) is 29.6 Å². The van der Waals surface area contributed by atoms with Gasteiger partial charge in [0.2, 0.25) is 0 Å². The van der Waals surface area contributed by atoms with Crippen LogP contribution >= 0.6 is 15.9 Å². The van der Waals surface area contributed by atoms with Crippen molar-refractivity contribution in [2.24, 2.45) is 5.10 Å². The first-order chi connectivity index (χ1) is 16.5. The molecule has 0 saturated carbocycles. The number of aromatic nitrogens is 3. The molecule has 170 valence electrons. The van der Waals surface area contributed by atoms with Gasteiger partial charge in [0.05, 0.1) is 17.1 Å². The molecule has 0 atom stereocenters. The van der Waals surface area contributed by atoms with Crippen LogP contribution in [0.15, 0.2) is 81.1 Å². The van der Waals surface area contributed by atoms with Gasteiger partial charge in [0.25, 0.3) is 5.56 Å². The molecule has 0 radical (unpaired) electrons. The molecular formula is C27H22BrFN4O. The van der Waals surface area contributed by atoms with E-state index in [1.165, 1.54) is 10.7 Å². The van der Waals surface area contributed by atoms with Crippen LogP contribution in [-0.2, 0) is 13.0 Å². The summed E-state index contributed by atoms with van der Waals surface area (Å²) in [5.74, 6) is 0.340. The number of halogens is 2. The molecule has 5 aromatic rings. The third-order valence-electron chi connectivity index (χ3n) is 6.00. The van der Waals surface area contributed by atoms with Crippen LogP contribution in [0.4, 0.5) is 4.39 Å². The van der Waals surface area contributed by atoms with Gasteiger partial charge in [0, 0.05) is 39.6 Å². The third kappa shape index (κ3) is 3.96. The minimum absolute atomic E-state index is 0.208. The Labute approximate surface area is 204 Å². The number of para-hydroxylation sites is 1. The van der Waals surface area contributed by atoms with Crippen molar-refractivity contribution >= 4 is 44.0 Å². The van der Waals surface area contributed by atoms with Gasteiger partial charge in [-0.1, -0.05) is 53.2 Å². The van der Waals surface area contributed by atoms with Crippen LogP contribution in [0.25, 0.3) is 21.8 Å². The zero-order valence-corrected chi connectivity index (χ0v) is 20.4. The van der Waals surface area contributed by atoms with Gasteiger partial charge in [0.15, 0.2) is 0 Å². The van der Waals surface area contributed by atoms with Crippen molar-refractivity contribution in [1.82, 2.24) is 14.2 Å². The molecule has 0 fully saturated rings. The molecule has 0 aliphatic heterocycles. The highest BCUT2D eigenvalue weighted by molar-refractivity contribution is 9.10. The number of nitrogens with zero attached hydrogens (tertiary/aromatic N) is 4. The Kier molecular flexibility index (Phi) is 5.87. The smallest absolute Gasteiger partial charge is 0.282 e. The highest BCUT2D eigenvalue weighted by Gasteiger charge is 2.14. The fourth-order valence-electron chi connectivity index (χ4n) is 4.30. The molecule has 2 aromatic heterocycles. The van der Waals surface area contributed by atoms with E-state index in [0.717, 1.165) is 32.2 Å². The summed E-state index contributed by atoms with van der Waals surface area (Å²) in [6, 6.07) is 20.1. The van der Waals surface area contributed by atoms with E-state index in [1.807, 2.05) is 56.3 Å². The fraction of sp³-hybridized carbons (Fsp3) is 0.148. The van der Waals surface area contributed by atoms with Gasteiger partial charge in [-0.25, -0.2) is 9.37 Å². The maximum absolute atomic E-state index is 13.8. The van der Waals surface area contributed by atoms with Crippen molar-refractivity contribution in [3.8, 4) is 0 Å². The molecular weight excluding hydrogens is 495 g/mol. The van der Waals surface area contributed by atoms with E-state index in [-0.39, 0.29) is 11.4 Å². The van der Waals surface area contributed by atoms with Crippen molar-refractivity contribution in [2.75, 3.05) is 0 Å². The Morgan fingerprint density at radius 2 is 1.88 bits per heavy atom. The number of hydrogen-bond acceptors (Lipinski definition) is 3. The van der Waals surface area contributed by atoms with Crippen LogP contribution in [0.3, 0.4) is 0 Å². The van der Waals surface area contributed by atoms with Gasteiger partial charge in [-0.2, -0.15) is 9.78 Å². The SMILES string of the molecule is CCc1nc2ccc(Br)cc2c(=O)n1N=Cc1c(C)n(Cc2cccc(F)c2)c2ccccc12. The summed E-state index contributed by atoms with van der Waals surface area (Å²) in [6.07, 6.45) is 2.30. The lowest BCUT2D eigenvalue weighted by Gasteiger charge is -2.09. The molecule has 0 N–H and O–H groups in total. The normalized spacial score (nSPS) is 11.8. The third-order valence-corrected chi connectivity index (χ3v) is 6.50. The Morgan fingerprint density at radius 3 is 2.68 bits per heavy atom. The summed E-state index contributed by atoms with van der Waals surface area (Å²) in [4.78, 5) is 17.9. The van der Waals surface area contributed by atoms with Gasteiger partial charge in [-0.05, 0) is 48.9 Å². The number of fused-ring (bicyclic) bond motifs is 2. The summed E-state index contributed by atoms with van der Waals surface area (Å²) in [5.41, 5.74) is 4.24. The summed E-state index contributed by atoms with van der Waals surface area (Å²) in [6.45, 7) is 4.50. The molecule has 0 amide bonds. The average molecular weight is 517 g/mol. The zero-order valence-electron chi connectivity index (χ0n) is 18.8. The largest absolute Gasteiger partial charge is 0.340 e. The molecule has 0 unspecified atom stereocenters. The lowest BCUT2D eigenvalue weighted by molar-refractivity contribution is 0.623. The molecule has 7 heteroatoms. The quantitative estimate of drug-likeness (QED) is 0.267. The van der Waals surface area contributed by atoms with Crippen molar-refractivity contribution in [2.45, 2.75) is 26.8 Å². The number of aryl methyl sites for hydroxylation is 1. The van der Waals surface area contributed by atoms with Crippen LogP contribution in [-0.4, -0.2) is 20.4 Å². The Balaban J connectivity index is 1.64. The first-order valence-corrected chi connectivity index (χ1v) is 11.8. The van der Waals surface area contributed by atoms with Gasteiger partial charge < -0.3 is 4.57 Å². The Hall–Kier alpha value is -3.58. The number of rotatable bonds is 5. The van der Waals surface area contributed by atoms with E-state index in [2.05, 4.69) is 30.6 Å². The standard InChI is InChI=1S/C27H22BrFN4O/c1-3-26-31-24-12-11-19(28)14-22(24)27(34)33(26)30-15-23-17(2)32(25-10-5-4-9-21(23)25)16-18-7-6-8-20(29)13-18/h4-15H,3,16H2,1-2H3. The van der Waals surface area contributed by atoms with Gasteiger partial charge >= 0.3 is 0 Å². The Bertz CT molecular complexity index is 1630. The molecule has 0 spiro atoms. The second-order valence-electron chi connectivity index (χ2n) is 8.14. The molecule has 0 aliphatic rings. The van der Waals surface area contributed by atoms with Crippen molar-refractivity contribution in [3.63, 3.8) is 0 Å². The molecule has 0 bridgehead atoms. The first-order valence-electron chi connectivity index (χ1n) is 11.0. The maximum atomic E-state index is 13.8. The topological polar surface area (TPSA) is 52.2 Å². The van der Waals surface area contributed by atoms with Crippen molar-refractivity contribution in [3.05, 3.63) is 110 Å². The molecule has 0 aliphatic carbocycles. The fourth-order valence-corrected chi connectivity index (χ4v) is 4.66. The van der Waals surface area contributed by atoms with E-state index >= 15 is 0 Å². The van der Waals surface area contributed by atoms with Crippen LogP contribution < -0.4 is 5.56 Å². The zero-order chi connectivity index (χ0) is 23.8. The lowest BCUT2D eigenvalue weighted by Crippen LogP contribution is -2.22. The van der Waals surface area contributed by atoms with Gasteiger partial charge in [-0.15, -0.1) is 0 Å². The van der Waals surface area contributed by atoms with Crippen LogP contribution in [0.2, 0.25) is 0 Å². The monoisotopic (exact) mass is 516 g/mol. The Morgan fingerprint density at radius 1 is 1.06 bits per heavy atom. The lowest BCUT2D eigenvalue weighted by atomic mass is 10.1. The molecule has 34 heavy (non-hydrogen) atoms. The van der Waals surface area contributed by atoms with E-state index in [9.17, 15) is 9.18 Å². The minimum Gasteiger partial charge on any atom is -0.340 e. The predicted octanol–water partition coefficient (Wildman–Crippen LogP) is 6.05.